The van der Waals surface area contributed by atoms with Crippen LogP contribution in [0.1, 0.15) is 5.56 Å². The molecule has 2 N–H and O–H groups in total. The average molecular weight is 317 g/mol. The minimum Gasteiger partial charge on any atom is -0.398 e. The highest BCUT2D eigenvalue weighted by Gasteiger charge is 2.10. The molecular formula is C13H21BrN2O2. The molecular weight excluding hydrogens is 296 g/mol. The summed E-state index contributed by atoms with van der Waals surface area (Å²) in [5.74, 6) is 0. The van der Waals surface area contributed by atoms with Crippen molar-refractivity contribution in [1.82, 2.24) is 4.90 Å². The van der Waals surface area contributed by atoms with Crippen LogP contribution in [0, 0.1) is 0 Å². The Morgan fingerprint density at radius 2 is 1.78 bits per heavy atom. The van der Waals surface area contributed by atoms with Gasteiger partial charge in [-0.2, -0.15) is 0 Å². The molecule has 0 aliphatic rings. The van der Waals surface area contributed by atoms with Crippen LogP contribution in [0.5, 0.6) is 0 Å². The number of hydrogen-bond acceptors (Lipinski definition) is 4. The van der Waals surface area contributed by atoms with E-state index in [1.807, 2.05) is 18.2 Å². The SMILES string of the molecule is COCCN(CCOC)Cc1c(N)cccc1Br. The van der Waals surface area contributed by atoms with E-state index < -0.39 is 0 Å². The van der Waals surface area contributed by atoms with Gasteiger partial charge in [0.1, 0.15) is 0 Å². The van der Waals surface area contributed by atoms with E-state index in [9.17, 15) is 0 Å². The molecule has 1 rings (SSSR count). The summed E-state index contributed by atoms with van der Waals surface area (Å²) < 4.78 is 11.3. The number of ether oxygens (including phenoxy) is 2. The van der Waals surface area contributed by atoms with E-state index in [1.54, 1.807) is 14.2 Å². The standard InChI is InChI=1S/C13H21BrN2O2/c1-17-8-6-16(7-9-18-2)10-11-12(14)4-3-5-13(11)15/h3-5H,6-10,15H2,1-2H3. The highest BCUT2D eigenvalue weighted by molar-refractivity contribution is 9.10. The molecule has 0 spiro atoms. The van der Waals surface area contributed by atoms with Crippen molar-refractivity contribution in [2.75, 3.05) is 46.3 Å². The molecule has 0 saturated heterocycles. The summed E-state index contributed by atoms with van der Waals surface area (Å²) in [5, 5.41) is 0. The molecule has 0 amide bonds. The van der Waals surface area contributed by atoms with Gasteiger partial charge in [-0.25, -0.2) is 0 Å². The van der Waals surface area contributed by atoms with Gasteiger partial charge >= 0.3 is 0 Å². The van der Waals surface area contributed by atoms with Crippen LogP contribution in [-0.4, -0.2) is 45.4 Å². The van der Waals surface area contributed by atoms with Gasteiger partial charge in [0.25, 0.3) is 0 Å². The van der Waals surface area contributed by atoms with E-state index in [0.717, 1.165) is 35.4 Å². The number of rotatable bonds is 8. The Hall–Kier alpha value is -0.620. The number of nitrogens with two attached hydrogens (primary N) is 1. The topological polar surface area (TPSA) is 47.7 Å². The Bertz CT molecular complexity index is 333. The minimum absolute atomic E-state index is 0.702. The van der Waals surface area contributed by atoms with Crippen molar-refractivity contribution in [3.05, 3.63) is 28.2 Å². The van der Waals surface area contributed by atoms with E-state index >= 15 is 0 Å². The van der Waals surface area contributed by atoms with Gasteiger partial charge in [0.2, 0.25) is 0 Å². The second-order valence-corrected chi connectivity index (χ2v) is 4.92. The van der Waals surface area contributed by atoms with Crippen LogP contribution >= 0.6 is 15.9 Å². The molecule has 5 heteroatoms. The predicted octanol–water partition coefficient (Wildman–Crippen LogP) is 2.13. The third-order valence-electron chi connectivity index (χ3n) is 2.76. The molecule has 0 bridgehead atoms. The fourth-order valence-corrected chi connectivity index (χ4v) is 2.18. The van der Waals surface area contributed by atoms with Crippen LogP contribution in [0.3, 0.4) is 0 Å². The predicted molar refractivity (Wildman–Crippen MR) is 77.6 cm³/mol. The summed E-state index contributed by atoms with van der Waals surface area (Å²) >= 11 is 3.54. The number of methoxy groups -OCH3 is 2. The fourth-order valence-electron chi connectivity index (χ4n) is 1.68. The number of anilines is 1. The van der Waals surface area contributed by atoms with E-state index in [1.165, 1.54) is 0 Å². The first-order valence-electron chi connectivity index (χ1n) is 5.92. The lowest BCUT2D eigenvalue weighted by Crippen LogP contribution is -2.30. The summed E-state index contributed by atoms with van der Waals surface area (Å²) in [4.78, 5) is 2.27. The lowest BCUT2D eigenvalue weighted by molar-refractivity contribution is 0.110. The van der Waals surface area contributed by atoms with Gasteiger partial charge in [0.15, 0.2) is 0 Å². The van der Waals surface area contributed by atoms with Crippen LogP contribution in [0.2, 0.25) is 0 Å². The van der Waals surface area contributed by atoms with Crippen LogP contribution in [0.4, 0.5) is 5.69 Å². The number of hydrogen-bond donors (Lipinski definition) is 1. The van der Waals surface area contributed by atoms with E-state index in [4.69, 9.17) is 15.2 Å². The van der Waals surface area contributed by atoms with Gasteiger partial charge in [0.05, 0.1) is 13.2 Å². The van der Waals surface area contributed by atoms with Crippen molar-refractivity contribution >= 4 is 21.6 Å². The molecule has 0 aromatic heterocycles. The van der Waals surface area contributed by atoms with E-state index in [2.05, 4.69) is 20.8 Å². The minimum atomic E-state index is 0.702. The zero-order chi connectivity index (χ0) is 13.4. The quantitative estimate of drug-likeness (QED) is 0.746. The average Bonchev–Trinajstić information content (AvgIpc) is 2.36. The van der Waals surface area contributed by atoms with Crippen molar-refractivity contribution in [2.45, 2.75) is 6.54 Å². The summed E-state index contributed by atoms with van der Waals surface area (Å²) in [6.07, 6.45) is 0. The number of halogens is 1. The number of benzene rings is 1. The van der Waals surface area contributed by atoms with Crippen LogP contribution in [-0.2, 0) is 16.0 Å². The van der Waals surface area contributed by atoms with Crippen LogP contribution < -0.4 is 5.73 Å². The van der Waals surface area contributed by atoms with Crippen molar-refractivity contribution in [2.24, 2.45) is 0 Å². The Morgan fingerprint density at radius 1 is 1.17 bits per heavy atom. The fraction of sp³-hybridized carbons (Fsp3) is 0.538. The maximum Gasteiger partial charge on any atom is 0.0589 e. The molecule has 0 heterocycles. The lowest BCUT2D eigenvalue weighted by atomic mass is 10.1. The molecule has 0 saturated carbocycles. The van der Waals surface area contributed by atoms with Gasteiger partial charge in [-0.15, -0.1) is 0 Å². The van der Waals surface area contributed by atoms with Gasteiger partial charge in [0, 0.05) is 49.6 Å². The van der Waals surface area contributed by atoms with Crippen molar-refractivity contribution in [3.8, 4) is 0 Å². The second-order valence-electron chi connectivity index (χ2n) is 4.07. The molecule has 0 radical (unpaired) electrons. The maximum absolute atomic E-state index is 6.01. The molecule has 1 aromatic carbocycles. The van der Waals surface area contributed by atoms with Crippen molar-refractivity contribution < 1.29 is 9.47 Å². The molecule has 0 aliphatic heterocycles. The maximum atomic E-state index is 6.01. The first-order valence-corrected chi connectivity index (χ1v) is 6.71. The monoisotopic (exact) mass is 316 g/mol. The largest absolute Gasteiger partial charge is 0.398 e. The van der Waals surface area contributed by atoms with Gasteiger partial charge in [-0.05, 0) is 12.1 Å². The third kappa shape index (κ3) is 4.94. The van der Waals surface area contributed by atoms with E-state index in [0.29, 0.717) is 13.2 Å². The first kappa shape index (κ1) is 15.4. The van der Waals surface area contributed by atoms with E-state index in [-0.39, 0.29) is 0 Å². The highest BCUT2D eigenvalue weighted by atomic mass is 79.9. The number of nitrogen functional groups attached to an aromatic ring is 1. The Balaban J connectivity index is 2.68. The smallest absolute Gasteiger partial charge is 0.0589 e. The second kappa shape index (κ2) is 8.48. The summed E-state index contributed by atoms with van der Waals surface area (Å²) in [7, 11) is 3.42. The molecule has 0 atom stereocenters. The molecule has 102 valence electrons. The molecule has 0 aliphatic carbocycles. The van der Waals surface area contributed by atoms with Gasteiger partial charge < -0.3 is 15.2 Å². The Kier molecular flexibility index (Phi) is 7.27. The molecule has 4 nitrogen and oxygen atoms in total. The molecule has 0 fully saturated rings. The molecule has 0 unspecified atom stereocenters. The van der Waals surface area contributed by atoms with Gasteiger partial charge in [-0.3, -0.25) is 4.90 Å². The van der Waals surface area contributed by atoms with Crippen molar-refractivity contribution in [1.29, 1.82) is 0 Å². The molecule has 1 aromatic rings. The molecule has 18 heavy (non-hydrogen) atoms. The zero-order valence-corrected chi connectivity index (χ0v) is 12.6. The Labute approximate surface area is 117 Å². The number of nitrogens with zero attached hydrogens (tertiary/aromatic N) is 1. The Morgan fingerprint density at radius 3 is 2.28 bits per heavy atom. The third-order valence-corrected chi connectivity index (χ3v) is 3.50. The first-order chi connectivity index (χ1) is 8.69. The van der Waals surface area contributed by atoms with Crippen molar-refractivity contribution in [3.63, 3.8) is 0 Å². The lowest BCUT2D eigenvalue weighted by Gasteiger charge is -2.23. The summed E-state index contributed by atoms with van der Waals surface area (Å²) in [6, 6.07) is 5.87. The summed E-state index contributed by atoms with van der Waals surface area (Å²) in [5.41, 5.74) is 7.93. The zero-order valence-electron chi connectivity index (χ0n) is 11.0. The van der Waals surface area contributed by atoms with Crippen LogP contribution in [0.25, 0.3) is 0 Å². The van der Waals surface area contributed by atoms with Gasteiger partial charge in [-0.1, -0.05) is 22.0 Å². The normalized spacial score (nSPS) is 11.1. The van der Waals surface area contributed by atoms with Crippen LogP contribution in [0.15, 0.2) is 22.7 Å². The highest BCUT2D eigenvalue weighted by Crippen LogP contribution is 2.23. The summed E-state index contributed by atoms with van der Waals surface area (Å²) in [6.45, 7) is 3.92.